The van der Waals surface area contributed by atoms with Crippen LogP contribution in [-0.4, -0.2) is 28.3 Å². The SMILES string of the molecule is C=CCSc1nc(=O)c2c(n1C)NC(=O)C[C@@H]2c1ccccc1OC. The molecule has 0 spiro atoms. The number of thioether (sulfide) groups is 1. The van der Waals surface area contributed by atoms with Gasteiger partial charge in [0.1, 0.15) is 11.6 Å². The fourth-order valence-electron chi connectivity index (χ4n) is 3.02. The van der Waals surface area contributed by atoms with E-state index >= 15 is 0 Å². The molecule has 3 rings (SSSR count). The van der Waals surface area contributed by atoms with Gasteiger partial charge in [0.15, 0.2) is 5.16 Å². The molecule has 0 bridgehead atoms. The Morgan fingerprint density at radius 1 is 1.44 bits per heavy atom. The van der Waals surface area contributed by atoms with E-state index < -0.39 is 0 Å². The molecule has 0 saturated carbocycles. The van der Waals surface area contributed by atoms with E-state index in [-0.39, 0.29) is 23.8 Å². The van der Waals surface area contributed by atoms with Crippen LogP contribution in [0.25, 0.3) is 0 Å². The number of nitrogens with one attached hydrogen (secondary N) is 1. The van der Waals surface area contributed by atoms with Gasteiger partial charge in [0.25, 0.3) is 5.56 Å². The lowest BCUT2D eigenvalue weighted by molar-refractivity contribution is -0.116. The number of rotatable bonds is 5. The molecule has 2 heterocycles. The van der Waals surface area contributed by atoms with Crippen molar-refractivity contribution in [1.29, 1.82) is 0 Å². The second kappa shape index (κ2) is 7.14. The van der Waals surface area contributed by atoms with Crippen LogP contribution in [-0.2, 0) is 11.8 Å². The van der Waals surface area contributed by atoms with Crippen molar-refractivity contribution in [2.24, 2.45) is 7.05 Å². The Hall–Kier alpha value is -2.54. The van der Waals surface area contributed by atoms with Crippen molar-refractivity contribution in [2.45, 2.75) is 17.5 Å². The fourth-order valence-corrected chi connectivity index (χ4v) is 3.72. The Kier molecular flexibility index (Phi) is 4.94. The number of carbonyl (C=O) groups is 1. The largest absolute Gasteiger partial charge is 0.496 e. The molecule has 0 radical (unpaired) electrons. The predicted molar refractivity (Wildman–Crippen MR) is 98.5 cm³/mol. The Balaban J connectivity index is 2.18. The molecule has 1 aromatic heterocycles. The Morgan fingerprint density at radius 2 is 2.20 bits per heavy atom. The lowest BCUT2D eigenvalue weighted by atomic mass is 9.86. The molecule has 1 atom stereocenters. The van der Waals surface area contributed by atoms with Gasteiger partial charge in [0, 0.05) is 30.7 Å². The van der Waals surface area contributed by atoms with Gasteiger partial charge in [0.05, 0.1) is 12.7 Å². The summed E-state index contributed by atoms with van der Waals surface area (Å²) in [5, 5.41) is 3.37. The second-order valence-electron chi connectivity index (χ2n) is 5.67. The lowest BCUT2D eigenvalue weighted by Gasteiger charge is -2.28. The van der Waals surface area contributed by atoms with E-state index in [2.05, 4.69) is 16.9 Å². The average Bonchev–Trinajstić information content (AvgIpc) is 2.62. The monoisotopic (exact) mass is 357 g/mol. The molecular formula is C18H19N3O3S. The molecule has 1 aromatic carbocycles. The molecule has 1 N–H and O–H groups in total. The number of fused-ring (bicyclic) bond motifs is 1. The average molecular weight is 357 g/mol. The summed E-state index contributed by atoms with van der Waals surface area (Å²) in [7, 11) is 3.37. The number of carbonyl (C=O) groups excluding carboxylic acids is 1. The molecule has 0 fully saturated rings. The number of benzene rings is 1. The first-order chi connectivity index (χ1) is 12.1. The third-order valence-corrected chi connectivity index (χ3v) is 5.17. The van der Waals surface area contributed by atoms with E-state index in [4.69, 9.17) is 4.74 Å². The van der Waals surface area contributed by atoms with Gasteiger partial charge in [0.2, 0.25) is 5.91 Å². The van der Waals surface area contributed by atoms with Gasteiger partial charge >= 0.3 is 0 Å². The van der Waals surface area contributed by atoms with Crippen molar-refractivity contribution in [3.8, 4) is 5.75 Å². The van der Waals surface area contributed by atoms with E-state index in [0.717, 1.165) is 5.56 Å². The van der Waals surface area contributed by atoms with Crippen molar-refractivity contribution in [3.63, 3.8) is 0 Å². The molecule has 130 valence electrons. The van der Waals surface area contributed by atoms with Gasteiger partial charge in [-0.3, -0.25) is 9.59 Å². The second-order valence-corrected chi connectivity index (χ2v) is 6.65. The summed E-state index contributed by atoms with van der Waals surface area (Å²) < 4.78 is 7.17. The van der Waals surface area contributed by atoms with Crippen LogP contribution in [0.1, 0.15) is 23.5 Å². The minimum Gasteiger partial charge on any atom is -0.496 e. The number of para-hydroxylation sites is 1. The summed E-state index contributed by atoms with van der Waals surface area (Å²) in [5.74, 6) is 1.26. The molecule has 1 aliphatic heterocycles. The molecule has 7 heteroatoms. The van der Waals surface area contributed by atoms with E-state index in [1.165, 1.54) is 11.8 Å². The first kappa shape index (κ1) is 17.3. The molecule has 0 saturated heterocycles. The van der Waals surface area contributed by atoms with E-state index in [9.17, 15) is 9.59 Å². The van der Waals surface area contributed by atoms with Crippen LogP contribution < -0.4 is 15.6 Å². The number of ether oxygens (including phenoxy) is 1. The summed E-state index contributed by atoms with van der Waals surface area (Å²) in [6, 6.07) is 7.44. The van der Waals surface area contributed by atoms with Crippen molar-refractivity contribution < 1.29 is 9.53 Å². The van der Waals surface area contributed by atoms with Crippen LogP contribution in [0.15, 0.2) is 46.9 Å². The number of hydrogen-bond donors (Lipinski definition) is 1. The molecule has 1 aliphatic rings. The van der Waals surface area contributed by atoms with E-state index in [1.807, 2.05) is 24.3 Å². The van der Waals surface area contributed by atoms with Gasteiger partial charge in [-0.25, -0.2) is 0 Å². The number of methoxy groups -OCH3 is 1. The molecular weight excluding hydrogens is 338 g/mol. The smallest absolute Gasteiger partial charge is 0.279 e. The Bertz CT molecular complexity index is 892. The topological polar surface area (TPSA) is 73.2 Å². The molecule has 6 nitrogen and oxygen atoms in total. The van der Waals surface area contributed by atoms with Crippen LogP contribution in [0, 0.1) is 0 Å². The summed E-state index contributed by atoms with van der Waals surface area (Å²) >= 11 is 1.40. The Labute approximate surface area is 149 Å². The van der Waals surface area contributed by atoms with Gasteiger partial charge in [-0.2, -0.15) is 4.98 Å². The van der Waals surface area contributed by atoms with Crippen LogP contribution in [0.4, 0.5) is 5.82 Å². The van der Waals surface area contributed by atoms with Gasteiger partial charge < -0.3 is 14.6 Å². The first-order valence-electron chi connectivity index (χ1n) is 7.84. The summed E-state index contributed by atoms with van der Waals surface area (Å²) in [6.45, 7) is 3.68. The zero-order chi connectivity index (χ0) is 18.0. The van der Waals surface area contributed by atoms with Crippen molar-refractivity contribution in [1.82, 2.24) is 9.55 Å². The first-order valence-corrected chi connectivity index (χ1v) is 8.82. The summed E-state index contributed by atoms with van der Waals surface area (Å²) in [4.78, 5) is 29.2. The zero-order valence-corrected chi connectivity index (χ0v) is 14.9. The highest BCUT2D eigenvalue weighted by Gasteiger charge is 2.33. The zero-order valence-electron chi connectivity index (χ0n) is 14.1. The molecule has 1 amide bonds. The van der Waals surface area contributed by atoms with E-state index in [1.54, 1.807) is 24.8 Å². The van der Waals surface area contributed by atoms with Crippen molar-refractivity contribution in [2.75, 3.05) is 18.2 Å². The quantitative estimate of drug-likeness (QED) is 0.506. The number of aromatic nitrogens is 2. The van der Waals surface area contributed by atoms with Gasteiger partial charge in [-0.1, -0.05) is 36.0 Å². The maximum Gasteiger partial charge on any atom is 0.279 e. The molecule has 25 heavy (non-hydrogen) atoms. The summed E-state index contributed by atoms with van der Waals surface area (Å²) in [6.07, 6.45) is 1.93. The van der Waals surface area contributed by atoms with Crippen LogP contribution >= 0.6 is 11.8 Å². The normalized spacial score (nSPS) is 16.1. The molecule has 2 aromatic rings. The number of anilines is 1. The van der Waals surface area contributed by atoms with Crippen LogP contribution in [0.5, 0.6) is 5.75 Å². The fraction of sp³-hybridized carbons (Fsp3) is 0.278. The minimum absolute atomic E-state index is 0.135. The lowest BCUT2D eigenvalue weighted by Crippen LogP contribution is -2.33. The number of nitrogens with zero attached hydrogens (tertiary/aromatic N) is 2. The Morgan fingerprint density at radius 3 is 2.92 bits per heavy atom. The number of amides is 1. The minimum atomic E-state index is -0.385. The summed E-state index contributed by atoms with van der Waals surface area (Å²) in [5.41, 5.74) is 0.983. The third kappa shape index (κ3) is 3.19. The molecule has 0 unspecified atom stereocenters. The van der Waals surface area contributed by atoms with E-state index in [0.29, 0.717) is 28.0 Å². The van der Waals surface area contributed by atoms with Gasteiger partial charge in [-0.15, -0.1) is 6.58 Å². The highest BCUT2D eigenvalue weighted by Crippen LogP contribution is 2.39. The predicted octanol–water partition coefficient (Wildman–Crippen LogP) is 2.54. The van der Waals surface area contributed by atoms with Crippen molar-refractivity contribution >= 4 is 23.5 Å². The van der Waals surface area contributed by atoms with Crippen LogP contribution in [0.3, 0.4) is 0 Å². The maximum atomic E-state index is 12.7. The third-order valence-electron chi connectivity index (χ3n) is 4.15. The van der Waals surface area contributed by atoms with Crippen LogP contribution in [0.2, 0.25) is 0 Å². The maximum absolute atomic E-state index is 12.7. The molecule has 0 aliphatic carbocycles. The van der Waals surface area contributed by atoms with Crippen molar-refractivity contribution in [3.05, 3.63) is 58.4 Å². The highest BCUT2D eigenvalue weighted by atomic mass is 32.2. The highest BCUT2D eigenvalue weighted by molar-refractivity contribution is 7.99. The standard InChI is InChI=1S/C18H19N3O3S/c1-4-9-25-18-20-17(23)15-12(10-14(22)19-16(15)21(18)2)11-7-5-6-8-13(11)24-3/h4-8,12H,1,9-10H2,2-3H3,(H,19,22)/t12-/m1/s1. The van der Waals surface area contributed by atoms with Gasteiger partial charge in [-0.05, 0) is 6.07 Å². The number of hydrogen-bond acceptors (Lipinski definition) is 5.